The minimum absolute atomic E-state index is 0.0843. The van der Waals surface area contributed by atoms with Crippen LogP contribution in [0.3, 0.4) is 0 Å². The van der Waals surface area contributed by atoms with Gasteiger partial charge >= 0.3 is 5.97 Å². The van der Waals surface area contributed by atoms with Crippen molar-refractivity contribution in [3.05, 3.63) is 16.6 Å². The topological polar surface area (TPSA) is 59.5 Å². The van der Waals surface area contributed by atoms with Crippen molar-refractivity contribution in [2.75, 3.05) is 19.7 Å². The minimum Gasteiger partial charge on any atom is -0.466 e. The molecule has 18 heavy (non-hydrogen) atoms. The molecule has 1 unspecified atom stereocenters. The van der Waals surface area contributed by atoms with Gasteiger partial charge in [-0.3, -0.25) is 9.59 Å². The molecule has 2 rings (SSSR count). The fourth-order valence-electron chi connectivity index (χ4n) is 2.08. The van der Waals surface area contributed by atoms with Crippen molar-refractivity contribution in [1.29, 1.82) is 0 Å². The van der Waals surface area contributed by atoms with Gasteiger partial charge in [-0.05, 0) is 19.8 Å². The molecule has 2 heterocycles. The highest BCUT2D eigenvalue weighted by atomic mass is 32.1. The second kappa shape index (κ2) is 5.95. The molecule has 6 heteroatoms. The molecule has 1 aromatic rings. The van der Waals surface area contributed by atoms with Gasteiger partial charge in [-0.15, -0.1) is 11.3 Å². The van der Waals surface area contributed by atoms with Crippen molar-refractivity contribution in [1.82, 2.24) is 9.88 Å². The van der Waals surface area contributed by atoms with Gasteiger partial charge in [0.2, 0.25) is 0 Å². The van der Waals surface area contributed by atoms with Gasteiger partial charge < -0.3 is 9.64 Å². The summed E-state index contributed by atoms with van der Waals surface area (Å²) in [6.07, 6.45) is 3.24. The average molecular weight is 268 g/mol. The number of nitrogens with zero attached hydrogens (tertiary/aromatic N) is 2. The van der Waals surface area contributed by atoms with Crippen LogP contribution in [-0.4, -0.2) is 41.5 Å². The molecule has 1 saturated heterocycles. The summed E-state index contributed by atoms with van der Waals surface area (Å²) in [7, 11) is 0. The average Bonchev–Trinajstić information content (AvgIpc) is 2.92. The zero-order valence-corrected chi connectivity index (χ0v) is 11.1. The van der Waals surface area contributed by atoms with Crippen molar-refractivity contribution >= 4 is 23.2 Å². The Labute approximate surface area is 110 Å². The Bertz CT molecular complexity index is 419. The van der Waals surface area contributed by atoms with Gasteiger partial charge in [-0.2, -0.15) is 0 Å². The minimum atomic E-state index is -0.200. The van der Waals surface area contributed by atoms with E-state index in [9.17, 15) is 9.59 Å². The largest absolute Gasteiger partial charge is 0.466 e. The Hall–Kier alpha value is -1.43. The molecule has 0 saturated carbocycles. The standard InChI is InChI=1S/C12H16N2O3S/c1-2-17-12(16)9-4-3-6-14(8-9)11(15)10-13-5-7-18-10/h5,7,9H,2-4,6,8H2,1H3. The first kappa shape index (κ1) is 13.0. The van der Waals surface area contributed by atoms with E-state index in [4.69, 9.17) is 4.74 Å². The van der Waals surface area contributed by atoms with Crippen molar-refractivity contribution in [3.8, 4) is 0 Å². The monoisotopic (exact) mass is 268 g/mol. The number of aromatic nitrogens is 1. The molecule has 0 radical (unpaired) electrons. The molecular weight excluding hydrogens is 252 g/mol. The molecule has 98 valence electrons. The summed E-state index contributed by atoms with van der Waals surface area (Å²) >= 11 is 1.33. The van der Waals surface area contributed by atoms with Crippen LogP contribution in [0.5, 0.6) is 0 Å². The Morgan fingerprint density at radius 2 is 2.44 bits per heavy atom. The van der Waals surface area contributed by atoms with E-state index >= 15 is 0 Å². The van der Waals surface area contributed by atoms with Crippen molar-refractivity contribution in [2.24, 2.45) is 5.92 Å². The van der Waals surface area contributed by atoms with Crippen molar-refractivity contribution < 1.29 is 14.3 Å². The van der Waals surface area contributed by atoms with Gasteiger partial charge in [0.1, 0.15) is 0 Å². The summed E-state index contributed by atoms with van der Waals surface area (Å²) in [6, 6.07) is 0. The molecule has 0 aliphatic carbocycles. The van der Waals surface area contributed by atoms with E-state index in [2.05, 4.69) is 4.98 Å². The number of likely N-dealkylation sites (tertiary alicyclic amines) is 1. The van der Waals surface area contributed by atoms with Crippen LogP contribution < -0.4 is 0 Å². The van der Waals surface area contributed by atoms with E-state index in [1.165, 1.54) is 11.3 Å². The summed E-state index contributed by atoms with van der Waals surface area (Å²) < 4.78 is 5.01. The molecule has 1 atom stereocenters. The molecule has 1 amide bonds. The van der Waals surface area contributed by atoms with E-state index in [0.29, 0.717) is 24.7 Å². The summed E-state index contributed by atoms with van der Waals surface area (Å²) in [5.74, 6) is -0.476. The highest BCUT2D eigenvalue weighted by Gasteiger charge is 2.30. The van der Waals surface area contributed by atoms with Crippen LogP contribution in [0.2, 0.25) is 0 Å². The predicted molar refractivity (Wildman–Crippen MR) is 67.4 cm³/mol. The zero-order valence-electron chi connectivity index (χ0n) is 10.3. The van der Waals surface area contributed by atoms with Crippen molar-refractivity contribution in [2.45, 2.75) is 19.8 Å². The number of esters is 1. The predicted octanol–water partition coefficient (Wildman–Crippen LogP) is 1.56. The number of piperidine rings is 1. The smallest absolute Gasteiger partial charge is 0.310 e. The summed E-state index contributed by atoms with van der Waals surface area (Å²) in [5.41, 5.74) is 0. The van der Waals surface area contributed by atoms with Crippen LogP contribution in [-0.2, 0) is 9.53 Å². The fourth-order valence-corrected chi connectivity index (χ4v) is 2.68. The summed E-state index contributed by atoms with van der Waals surface area (Å²) in [4.78, 5) is 29.5. The van der Waals surface area contributed by atoms with Crippen molar-refractivity contribution in [3.63, 3.8) is 0 Å². The Morgan fingerprint density at radius 1 is 1.61 bits per heavy atom. The quantitative estimate of drug-likeness (QED) is 0.781. The molecule has 1 aliphatic rings. The maximum absolute atomic E-state index is 12.1. The normalized spacial score (nSPS) is 19.6. The molecule has 1 aromatic heterocycles. The number of thiazole rings is 1. The number of rotatable bonds is 3. The molecule has 0 spiro atoms. The second-order valence-corrected chi connectivity index (χ2v) is 5.07. The third-order valence-corrected chi connectivity index (χ3v) is 3.70. The molecule has 1 aliphatic heterocycles. The van der Waals surface area contributed by atoms with E-state index in [1.54, 1.807) is 23.4 Å². The lowest BCUT2D eigenvalue weighted by Crippen LogP contribution is -2.42. The Balaban J connectivity index is 1.98. The summed E-state index contributed by atoms with van der Waals surface area (Å²) in [6.45, 7) is 3.31. The number of carbonyl (C=O) groups excluding carboxylic acids is 2. The second-order valence-electron chi connectivity index (χ2n) is 4.18. The molecule has 0 bridgehead atoms. The van der Waals surface area contributed by atoms with Gasteiger partial charge in [0.15, 0.2) is 5.01 Å². The number of carbonyl (C=O) groups is 2. The first-order chi connectivity index (χ1) is 8.72. The van der Waals surface area contributed by atoms with Gasteiger partial charge in [-0.25, -0.2) is 4.98 Å². The summed E-state index contributed by atoms with van der Waals surface area (Å²) in [5, 5.41) is 2.26. The van der Waals surface area contributed by atoms with Crippen LogP contribution >= 0.6 is 11.3 Å². The first-order valence-corrected chi connectivity index (χ1v) is 6.95. The lowest BCUT2D eigenvalue weighted by Gasteiger charge is -2.30. The van der Waals surface area contributed by atoms with Gasteiger partial charge in [0.25, 0.3) is 5.91 Å². The van der Waals surface area contributed by atoms with Crippen LogP contribution in [0.25, 0.3) is 0 Å². The Morgan fingerprint density at radius 3 is 3.11 bits per heavy atom. The van der Waals surface area contributed by atoms with Gasteiger partial charge in [0.05, 0.1) is 12.5 Å². The van der Waals surface area contributed by atoms with Crippen LogP contribution in [0, 0.1) is 5.92 Å². The number of ether oxygens (including phenoxy) is 1. The highest BCUT2D eigenvalue weighted by Crippen LogP contribution is 2.20. The van der Waals surface area contributed by atoms with Gasteiger partial charge in [0, 0.05) is 24.7 Å². The lowest BCUT2D eigenvalue weighted by atomic mass is 9.98. The van der Waals surface area contributed by atoms with Crippen LogP contribution in [0.15, 0.2) is 11.6 Å². The maximum Gasteiger partial charge on any atom is 0.310 e. The van der Waals surface area contributed by atoms with E-state index in [0.717, 1.165) is 12.8 Å². The van der Waals surface area contributed by atoms with Crippen LogP contribution in [0.1, 0.15) is 29.6 Å². The van der Waals surface area contributed by atoms with Crippen LogP contribution in [0.4, 0.5) is 0 Å². The molecule has 0 N–H and O–H groups in total. The zero-order chi connectivity index (χ0) is 13.0. The molecule has 5 nitrogen and oxygen atoms in total. The fraction of sp³-hybridized carbons (Fsp3) is 0.583. The third-order valence-electron chi connectivity index (χ3n) is 2.94. The SMILES string of the molecule is CCOC(=O)C1CCCN(C(=O)c2nccs2)C1. The number of hydrogen-bond acceptors (Lipinski definition) is 5. The first-order valence-electron chi connectivity index (χ1n) is 6.07. The lowest BCUT2D eigenvalue weighted by molar-refractivity contribution is -0.149. The molecular formula is C12H16N2O3S. The van der Waals surface area contributed by atoms with Gasteiger partial charge in [-0.1, -0.05) is 0 Å². The number of amides is 1. The van der Waals surface area contributed by atoms with E-state index in [-0.39, 0.29) is 17.8 Å². The van der Waals surface area contributed by atoms with E-state index in [1.807, 2.05) is 0 Å². The van der Waals surface area contributed by atoms with E-state index < -0.39 is 0 Å². The molecule has 0 aromatic carbocycles. The maximum atomic E-state index is 12.1. The highest BCUT2D eigenvalue weighted by molar-refractivity contribution is 7.11. The molecule has 1 fully saturated rings. The Kier molecular flexibility index (Phi) is 4.30. The third kappa shape index (κ3) is 2.87. The number of hydrogen-bond donors (Lipinski definition) is 0.